The van der Waals surface area contributed by atoms with Crippen molar-refractivity contribution in [2.75, 3.05) is 12.4 Å². The fourth-order valence-electron chi connectivity index (χ4n) is 3.74. The first-order chi connectivity index (χ1) is 12.5. The number of carbonyl (C=O) groups is 1. The molecule has 1 aliphatic rings. The molecule has 0 aromatic heterocycles. The van der Waals surface area contributed by atoms with Crippen LogP contribution in [0.2, 0.25) is 0 Å². The number of rotatable bonds is 7. The second-order valence-electron chi connectivity index (χ2n) is 7.61. The number of hydrogen-bond donors (Lipinski definition) is 1. The van der Waals surface area contributed by atoms with E-state index in [-0.39, 0.29) is 18.5 Å². The summed E-state index contributed by atoms with van der Waals surface area (Å²) in [6, 6.07) is 6.91. The van der Waals surface area contributed by atoms with Crippen molar-refractivity contribution < 1.29 is 14.3 Å². The number of para-hydroxylation sites is 2. The molecule has 1 aliphatic carbocycles. The first-order valence-corrected chi connectivity index (χ1v) is 9.49. The lowest BCUT2D eigenvalue weighted by Gasteiger charge is -2.37. The van der Waals surface area contributed by atoms with Crippen molar-refractivity contribution in [2.24, 2.45) is 17.8 Å². The van der Waals surface area contributed by atoms with Crippen molar-refractivity contribution >= 4 is 11.7 Å². The number of benzene rings is 1. The average Bonchev–Trinajstić information content (AvgIpc) is 2.61. The molecule has 0 saturated heterocycles. The number of methoxy groups -OCH3 is 1. The van der Waals surface area contributed by atoms with Crippen LogP contribution in [0.25, 0.3) is 0 Å². The molecule has 142 valence electrons. The first kappa shape index (κ1) is 20.2. The summed E-state index contributed by atoms with van der Waals surface area (Å²) in [5.41, 5.74) is 0.740. The molecular formula is C22H31NO3. The number of anilines is 1. The normalized spacial score (nSPS) is 23.8. The van der Waals surface area contributed by atoms with Crippen LogP contribution < -0.4 is 10.1 Å². The molecule has 1 aromatic rings. The van der Waals surface area contributed by atoms with Gasteiger partial charge < -0.3 is 14.8 Å². The van der Waals surface area contributed by atoms with E-state index in [9.17, 15) is 4.79 Å². The molecule has 4 nitrogen and oxygen atoms in total. The van der Waals surface area contributed by atoms with Crippen molar-refractivity contribution in [1.29, 1.82) is 0 Å². The van der Waals surface area contributed by atoms with Crippen LogP contribution in [0.4, 0.5) is 5.69 Å². The Bertz CT molecular complexity index is 635. The molecule has 0 amide bonds. The Kier molecular flexibility index (Phi) is 7.38. The largest absolute Gasteiger partial charge is 0.495 e. The third-order valence-electron chi connectivity index (χ3n) is 5.27. The van der Waals surface area contributed by atoms with Crippen LogP contribution in [-0.4, -0.2) is 25.2 Å². The number of nitrogens with one attached hydrogen (secondary N) is 1. The van der Waals surface area contributed by atoms with E-state index < -0.39 is 6.04 Å². The maximum atomic E-state index is 12.9. The molecule has 0 unspecified atom stereocenters. The zero-order valence-corrected chi connectivity index (χ0v) is 16.3. The maximum absolute atomic E-state index is 12.9. The lowest BCUT2D eigenvalue weighted by atomic mass is 9.75. The zero-order chi connectivity index (χ0) is 19.1. The van der Waals surface area contributed by atoms with Gasteiger partial charge in [0.2, 0.25) is 0 Å². The van der Waals surface area contributed by atoms with Crippen molar-refractivity contribution in [2.45, 2.75) is 58.6 Å². The van der Waals surface area contributed by atoms with E-state index in [2.05, 4.69) is 32.0 Å². The summed E-state index contributed by atoms with van der Waals surface area (Å²) in [6.45, 7) is 6.63. The fraction of sp³-hybridized carbons (Fsp3) is 0.591. The van der Waals surface area contributed by atoms with E-state index in [1.807, 2.05) is 24.3 Å². The van der Waals surface area contributed by atoms with E-state index >= 15 is 0 Å². The Hall–Kier alpha value is -2.15. The van der Waals surface area contributed by atoms with E-state index in [0.29, 0.717) is 23.5 Å². The third kappa shape index (κ3) is 5.17. The predicted octanol–water partition coefficient (Wildman–Crippen LogP) is 4.50. The van der Waals surface area contributed by atoms with E-state index in [1.54, 1.807) is 7.11 Å². The zero-order valence-electron chi connectivity index (χ0n) is 16.3. The van der Waals surface area contributed by atoms with Gasteiger partial charge in [-0.05, 0) is 42.7 Å². The molecule has 1 fully saturated rings. The summed E-state index contributed by atoms with van der Waals surface area (Å²) < 4.78 is 11.3. The highest BCUT2D eigenvalue weighted by molar-refractivity contribution is 5.80. The number of carbonyl (C=O) groups excluding carboxylic acids is 1. The quantitative estimate of drug-likeness (QED) is 0.576. The summed E-state index contributed by atoms with van der Waals surface area (Å²) in [7, 11) is 1.60. The van der Waals surface area contributed by atoms with Gasteiger partial charge in [0.25, 0.3) is 0 Å². The highest BCUT2D eigenvalue weighted by Gasteiger charge is 2.35. The molecule has 0 heterocycles. The molecule has 1 saturated carbocycles. The number of terminal acetylenes is 1. The molecule has 0 radical (unpaired) electrons. The molecule has 4 atom stereocenters. The molecule has 26 heavy (non-hydrogen) atoms. The van der Waals surface area contributed by atoms with Gasteiger partial charge in [0.05, 0.1) is 12.8 Å². The smallest absolute Gasteiger partial charge is 0.329 e. The predicted molar refractivity (Wildman–Crippen MR) is 105 cm³/mol. The number of hydrogen-bond acceptors (Lipinski definition) is 4. The van der Waals surface area contributed by atoms with Crippen LogP contribution in [-0.2, 0) is 9.53 Å². The molecule has 0 spiro atoms. The van der Waals surface area contributed by atoms with Crippen molar-refractivity contribution in [1.82, 2.24) is 0 Å². The lowest BCUT2D eigenvalue weighted by molar-refractivity contribution is -0.156. The van der Waals surface area contributed by atoms with Crippen LogP contribution in [0.5, 0.6) is 5.75 Å². The second-order valence-corrected chi connectivity index (χ2v) is 7.61. The molecule has 0 aliphatic heterocycles. The van der Waals surface area contributed by atoms with Gasteiger partial charge in [-0.3, -0.25) is 0 Å². The summed E-state index contributed by atoms with van der Waals surface area (Å²) in [4.78, 5) is 12.9. The third-order valence-corrected chi connectivity index (χ3v) is 5.27. The van der Waals surface area contributed by atoms with Crippen LogP contribution in [0.1, 0.15) is 46.5 Å². The van der Waals surface area contributed by atoms with E-state index in [0.717, 1.165) is 18.5 Å². The van der Waals surface area contributed by atoms with Gasteiger partial charge in [0.1, 0.15) is 17.9 Å². The first-order valence-electron chi connectivity index (χ1n) is 9.49. The van der Waals surface area contributed by atoms with Crippen molar-refractivity contribution in [3.8, 4) is 18.1 Å². The van der Waals surface area contributed by atoms with Crippen molar-refractivity contribution in [3.63, 3.8) is 0 Å². The van der Waals surface area contributed by atoms with E-state index in [1.165, 1.54) is 6.42 Å². The lowest BCUT2D eigenvalue weighted by Crippen LogP contribution is -2.40. The van der Waals surface area contributed by atoms with Gasteiger partial charge in [-0.25, -0.2) is 4.79 Å². The Morgan fingerprint density at radius 2 is 2.08 bits per heavy atom. The average molecular weight is 357 g/mol. The maximum Gasteiger partial charge on any atom is 0.329 e. The van der Waals surface area contributed by atoms with Gasteiger partial charge in [-0.2, -0.15) is 0 Å². The Labute approximate surface area is 157 Å². The fourth-order valence-corrected chi connectivity index (χ4v) is 3.74. The van der Waals surface area contributed by atoms with Crippen molar-refractivity contribution in [3.05, 3.63) is 24.3 Å². The molecule has 2 rings (SSSR count). The summed E-state index contributed by atoms with van der Waals surface area (Å²) in [6.07, 6.45) is 8.96. The van der Waals surface area contributed by atoms with Crippen LogP contribution in [0.15, 0.2) is 24.3 Å². The van der Waals surface area contributed by atoms with Crippen LogP contribution >= 0.6 is 0 Å². The highest BCUT2D eigenvalue weighted by atomic mass is 16.5. The Balaban J connectivity index is 2.11. The van der Waals surface area contributed by atoms with Crippen LogP contribution in [0, 0.1) is 30.1 Å². The molecule has 1 aromatic carbocycles. The van der Waals surface area contributed by atoms with Gasteiger partial charge in [-0.15, -0.1) is 12.3 Å². The minimum atomic E-state index is -0.582. The van der Waals surface area contributed by atoms with Gasteiger partial charge >= 0.3 is 5.97 Å². The summed E-state index contributed by atoms with van der Waals surface area (Å²) >= 11 is 0. The Morgan fingerprint density at radius 1 is 1.35 bits per heavy atom. The van der Waals surface area contributed by atoms with Gasteiger partial charge in [-0.1, -0.05) is 39.3 Å². The summed E-state index contributed by atoms with van der Waals surface area (Å²) in [5, 5.41) is 3.20. The Morgan fingerprint density at radius 3 is 2.73 bits per heavy atom. The standard InChI is InChI=1S/C22H31NO3/c1-6-9-19(23-18-10-7-8-11-20(18)25-5)22(24)26-21-14-16(4)12-13-17(21)15(2)3/h1,7-8,10-11,15-17,19,21,23H,9,12-14H2,2-5H3/t16-,17+,19-,21-/m1/s1. The minimum Gasteiger partial charge on any atom is -0.495 e. The molecule has 0 bridgehead atoms. The minimum absolute atomic E-state index is 0.0361. The second kappa shape index (κ2) is 9.52. The van der Waals surface area contributed by atoms with E-state index in [4.69, 9.17) is 15.9 Å². The summed E-state index contributed by atoms with van der Waals surface area (Å²) in [5.74, 6) is 4.46. The van der Waals surface area contributed by atoms with Gasteiger partial charge in [0.15, 0.2) is 0 Å². The monoisotopic (exact) mass is 357 g/mol. The number of esters is 1. The molecule has 1 N–H and O–H groups in total. The number of ether oxygens (including phenoxy) is 2. The molecular weight excluding hydrogens is 326 g/mol. The highest BCUT2D eigenvalue weighted by Crippen LogP contribution is 2.35. The van der Waals surface area contributed by atoms with Gasteiger partial charge in [0, 0.05) is 6.42 Å². The SMILES string of the molecule is C#CC[C@@H](Nc1ccccc1OC)C(=O)O[C@@H]1C[C@H](C)CC[C@H]1C(C)C. The van der Waals surface area contributed by atoms with Crippen LogP contribution in [0.3, 0.4) is 0 Å². The topological polar surface area (TPSA) is 47.6 Å². The molecule has 4 heteroatoms.